The third kappa shape index (κ3) is 5.34. The van der Waals surface area contributed by atoms with Gasteiger partial charge in [0.25, 0.3) is 0 Å². The summed E-state index contributed by atoms with van der Waals surface area (Å²) in [6, 6.07) is 4.60. The minimum absolute atomic E-state index is 0.117. The summed E-state index contributed by atoms with van der Waals surface area (Å²) in [6.45, 7) is 5.52. The number of halogens is 3. The first-order chi connectivity index (χ1) is 13.2. The summed E-state index contributed by atoms with van der Waals surface area (Å²) in [6.07, 6.45) is -2.60. The van der Waals surface area contributed by atoms with Crippen molar-refractivity contribution in [3.05, 3.63) is 35.4 Å². The van der Waals surface area contributed by atoms with Crippen LogP contribution in [0, 0.1) is 12.8 Å². The molecule has 0 aromatic carbocycles. The first kappa shape index (κ1) is 20.4. The van der Waals surface area contributed by atoms with Crippen molar-refractivity contribution in [1.82, 2.24) is 15.3 Å². The second-order valence-corrected chi connectivity index (χ2v) is 7.35. The van der Waals surface area contributed by atoms with E-state index in [-0.39, 0.29) is 16.9 Å². The molecule has 0 radical (unpaired) electrons. The molecule has 1 fully saturated rings. The van der Waals surface area contributed by atoms with Crippen LogP contribution in [0.25, 0.3) is 0 Å². The molecule has 0 aliphatic carbocycles. The standard InChI is InChI=1S/C18H22F3N5OS/c1-11-4-3-7-26(10-11)15-8-14(18(19,20)21)23-16(24-15)25-17(28)22-9-13-6-5-12(2)27-13/h5-6,8,11H,3-4,7,9-10H2,1-2H3,(H2,22,23,24,25,28)/t11-/m1/s1. The van der Waals surface area contributed by atoms with Crippen LogP contribution in [0.3, 0.4) is 0 Å². The van der Waals surface area contributed by atoms with E-state index in [0.717, 1.165) is 24.7 Å². The Hall–Kier alpha value is -2.36. The van der Waals surface area contributed by atoms with Crippen molar-refractivity contribution in [2.24, 2.45) is 5.92 Å². The predicted molar refractivity (Wildman–Crippen MR) is 104 cm³/mol. The molecular weight excluding hydrogens is 391 g/mol. The van der Waals surface area contributed by atoms with E-state index < -0.39 is 11.9 Å². The number of nitrogens with one attached hydrogen (secondary N) is 2. The number of alkyl halides is 3. The zero-order valence-electron chi connectivity index (χ0n) is 15.6. The van der Waals surface area contributed by atoms with Gasteiger partial charge in [-0.2, -0.15) is 18.2 Å². The fraction of sp³-hybridized carbons (Fsp3) is 0.500. The number of furan rings is 1. The molecule has 10 heteroatoms. The molecule has 0 bridgehead atoms. The lowest BCUT2D eigenvalue weighted by Gasteiger charge is -2.32. The van der Waals surface area contributed by atoms with Crippen molar-refractivity contribution in [2.75, 3.05) is 23.3 Å². The Balaban J connectivity index is 1.75. The average Bonchev–Trinajstić information content (AvgIpc) is 3.04. The van der Waals surface area contributed by atoms with Crippen LogP contribution >= 0.6 is 12.2 Å². The van der Waals surface area contributed by atoms with Gasteiger partial charge >= 0.3 is 6.18 Å². The maximum absolute atomic E-state index is 13.3. The third-order valence-electron chi connectivity index (χ3n) is 4.43. The van der Waals surface area contributed by atoms with Gasteiger partial charge in [0.05, 0.1) is 6.54 Å². The van der Waals surface area contributed by atoms with Crippen LogP contribution in [0.5, 0.6) is 0 Å². The predicted octanol–water partition coefficient (Wildman–Crippen LogP) is 4.12. The molecule has 3 rings (SSSR count). The van der Waals surface area contributed by atoms with Gasteiger partial charge in [-0.05, 0) is 50.0 Å². The molecule has 1 saturated heterocycles. The zero-order chi connectivity index (χ0) is 20.3. The summed E-state index contributed by atoms with van der Waals surface area (Å²) in [5.41, 5.74) is -0.998. The van der Waals surface area contributed by atoms with Gasteiger partial charge in [0.15, 0.2) is 10.8 Å². The number of aromatic nitrogens is 2. The smallest absolute Gasteiger partial charge is 0.433 e. The van der Waals surface area contributed by atoms with Crippen molar-refractivity contribution in [1.29, 1.82) is 0 Å². The van der Waals surface area contributed by atoms with Gasteiger partial charge in [0.2, 0.25) is 5.95 Å². The largest absolute Gasteiger partial charge is 0.465 e. The van der Waals surface area contributed by atoms with Gasteiger partial charge in [-0.3, -0.25) is 0 Å². The van der Waals surface area contributed by atoms with Crippen LogP contribution in [-0.2, 0) is 12.7 Å². The number of aryl methyl sites for hydroxylation is 1. The van der Waals surface area contributed by atoms with E-state index in [0.29, 0.717) is 31.3 Å². The minimum Gasteiger partial charge on any atom is -0.465 e. The van der Waals surface area contributed by atoms with Gasteiger partial charge in [-0.15, -0.1) is 0 Å². The molecule has 0 unspecified atom stereocenters. The van der Waals surface area contributed by atoms with Crippen molar-refractivity contribution >= 4 is 29.1 Å². The highest BCUT2D eigenvalue weighted by Crippen LogP contribution is 2.31. The zero-order valence-corrected chi connectivity index (χ0v) is 16.5. The van der Waals surface area contributed by atoms with Crippen LogP contribution in [-0.4, -0.2) is 28.2 Å². The first-order valence-electron chi connectivity index (χ1n) is 9.02. The first-order valence-corrected chi connectivity index (χ1v) is 9.43. The number of hydrogen-bond acceptors (Lipinski definition) is 5. The van der Waals surface area contributed by atoms with Crippen molar-refractivity contribution in [3.8, 4) is 0 Å². The second-order valence-electron chi connectivity index (χ2n) is 6.95. The molecule has 0 spiro atoms. The van der Waals surface area contributed by atoms with E-state index in [9.17, 15) is 13.2 Å². The maximum Gasteiger partial charge on any atom is 0.433 e. The number of thiocarbonyl (C=S) groups is 1. The molecule has 28 heavy (non-hydrogen) atoms. The lowest BCUT2D eigenvalue weighted by atomic mass is 10.0. The maximum atomic E-state index is 13.3. The lowest BCUT2D eigenvalue weighted by Crippen LogP contribution is -2.35. The van der Waals surface area contributed by atoms with Gasteiger partial charge in [0, 0.05) is 19.2 Å². The van der Waals surface area contributed by atoms with Crippen LogP contribution in [0.1, 0.15) is 37.0 Å². The van der Waals surface area contributed by atoms with Crippen molar-refractivity contribution in [2.45, 2.75) is 39.4 Å². The summed E-state index contributed by atoms with van der Waals surface area (Å²) in [7, 11) is 0. The topological polar surface area (TPSA) is 66.2 Å². The second kappa shape index (κ2) is 8.34. The molecule has 6 nitrogen and oxygen atoms in total. The Morgan fingerprint density at radius 2 is 2.14 bits per heavy atom. The quantitative estimate of drug-likeness (QED) is 0.731. The molecule has 1 aliphatic heterocycles. The van der Waals surface area contributed by atoms with Crippen LogP contribution < -0.4 is 15.5 Å². The molecular formula is C18H22F3N5OS. The van der Waals surface area contributed by atoms with E-state index in [2.05, 4.69) is 27.5 Å². The van der Waals surface area contributed by atoms with E-state index in [1.54, 1.807) is 6.07 Å². The fourth-order valence-electron chi connectivity index (χ4n) is 3.09. The number of anilines is 2. The van der Waals surface area contributed by atoms with Gasteiger partial charge in [0.1, 0.15) is 17.3 Å². The highest BCUT2D eigenvalue weighted by molar-refractivity contribution is 7.80. The Morgan fingerprint density at radius 1 is 1.36 bits per heavy atom. The Bertz CT molecular complexity index is 839. The Morgan fingerprint density at radius 3 is 2.79 bits per heavy atom. The molecule has 2 aromatic heterocycles. The third-order valence-corrected chi connectivity index (χ3v) is 4.67. The van der Waals surface area contributed by atoms with Gasteiger partial charge in [-0.25, -0.2) is 4.98 Å². The number of piperidine rings is 1. The summed E-state index contributed by atoms with van der Waals surface area (Å²) in [5.74, 6) is 1.89. The minimum atomic E-state index is -4.57. The Labute approximate surface area is 166 Å². The van der Waals surface area contributed by atoms with Gasteiger partial charge in [-0.1, -0.05) is 6.92 Å². The van der Waals surface area contributed by atoms with Crippen molar-refractivity contribution < 1.29 is 17.6 Å². The number of hydrogen-bond donors (Lipinski definition) is 2. The van der Waals surface area contributed by atoms with Crippen LogP contribution in [0.4, 0.5) is 24.9 Å². The van der Waals surface area contributed by atoms with Gasteiger partial charge < -0.3 is 20.0 Å². The Kier molecular flexibility index (Phi) is 6.07. The number of nitrogens with zero attached hydrogens (tertiary/aromatic N) is 3. The molecule has 1 aliphatic rings. The molecule has 0 amide bonds. The van der Waals surface area contributed by atoms with Crippen LogP contribution in [0.2, 0.25) is 0 Å². The van der Waals surface area contributed by atoms with E-state index in [1.807, 2.05) is 17.9 Å². The summed E-state index contributed by atoms with van der Waals surface area (Å²) in [4.78, 5) is 9.71. The molecule has 152 valence electrons. The molecule has 2 N–H and O–H groups in total. The average molecular weight is 413 g/mol. The summed E-state index contributed by atoms with van der Waals surface area (Å²) >= 11 is 5.16. The summed E-state index contributed by atoms with van der Waals surface area (Å²) in [5, 5.41) is 5.65. The highest BCUT2D eigenvalue weighted by Gasteiger charge is 2.34. The number of rotatable bonds is 4. The van der Waals surface area contributed by atoms with E-state index in [1.165, 1.54) is 0 Å². The fourth-order valence-corrected chi connectivity index (χ4v) is 3.25. The lowest BCUT2D eigenvalue weighted by molar-refractivity contribution is -0.141. The van der Waals surface area contributed by atoms with E-state index in [4.69, 9.17) is 16.6 Å². The highest BCUT2D eigenvalue weighted by atomic mass is 32.1. The monoisotopic (exact) mass is 413 g/mol. The summed E-state index contributed by atoms with van der Waals surface area (Å²) < 4.78 is 45.3. The molecule has 2 aromatic rings. The normalized spacial score (nSPS) is 17.5. The van der Waals surface area contributed by atoms with Crippen LogP contribution in [0.15, 0.2) is 22.6 Å². The SMILES string of the molecule is Cc1ccc(CNC(=S)Nc2nc(N3CCC[C@@H](C)C3)cc(C(F)(F)F)n2)o1. The van der Waals surface area contributed by atoms with Crippen molar-refractivity contribution in [3.63, 3.8) is 0 Å². The van der Waals surface area contributed by atoms with E-state index >= 15 is 0 Å². The molecule has 3 heterocycles. The molecule has 0 saturated carbocycles. The molecule has 1 atom stereocenters.